The van der Waals surface area contributed by atoms with Gasteiger partial charge in [0, 0.05) is 0 Å². The molecule has 0 aliphatic heterocycles. The van der Waals surface area contributed by atoms with Crippen LogP contribution in [0.2, 0.25) is 39.3 Å². The third kappa shape index (κ3) is 6.41. The maximum atomic E-state index is 12.2. The lowest BCUT2D eigenvalue weighted by atomic mass is 10.2. The minimum atomic E-state index is -2.62. The summed E-state index contributed by atoms with van der Waals surface area (Å²) in [6.07, 6.45) is 0. The summed E-state index contributed by atoms with van der Waals surface area (Å²) in [5, 5.41) is 0. The van der Waals surface area contributed by atoms with E-state index in [4.69, 9.17) is 12.7 Å². The Morgan fingerprint density at radius 1 is 0.955 bits per heavy atom. The first-order chi connectivity index (χ1) is 9.96. The van der Waals surface area contributed by atoms with Crippen LogP contribution in [0.15, 0.2) is 42.6 Å². The van der Waals surface area contributed by atoms with Crippen molar-refractivity contribution < 1.29 is 17.5 Å². The fourth-order valence-electron chi connectivity index (χ4n) is 2.17. The molecule has 0 atom stereocenters. The monoisotopic (exact) mass is 354 g/mol. The van der Waals surface area contributed by atoms with Crippen LogP contribution in [0.3, 0.4) is 0 Å². The Morgan fingerprint density at radius 3 is 2.00 bits per heavy atom. The topological polar surface area (TPSA) is 44.8 Å². The molecular formula is C15H26O4Si3. The summed E-state index contributed by atoms with van der Waals surface area (Å²) in [5.41, 5.74) is 2.42. The van der Waals surface area contributed by atoms with Crippen molar-refractivity contribution in [3.05, 3.63) is 48.2 Å². The molecule has 0 unspecified atom stereocenters. The summed E-state index contributed by atoms with van der Waals surface area (Å²) < 4.78 is 18.0. The molecule has 1 aromatic carbocycles. The molecule has 0 aromatic heterocycles. The van der Waals surface area contributed by atoms with E-state index < -0.39 is 25.4 Å². The van der Waals surface area contributed by atoms with Crippen LogP contribution in [-0.4, -0.2) is 31.4 Å². The van der Waals surface area contributed by atoms with Crippen molar-refractivity contribution >= 4 is 31.4 Å². The Bertz CT molecular complexity index is 527. The van der Waals surface area contributed by atoms with Crippen LogP contribution in [0.5, 0.6) is 0 Å². The van der Waals surface area contributed by atoms with E-state index in [0.717, 1.165) is 0 Å². The zero-order valence-corrected chi connectivity index (χ0v) is 17.3. The first-order valence-electron chi connectivity index (χ1n) is 7.29. The molecule has 0 radical (unpaired) electrons. The lowest BCUT2D eigenvalue weighted by Gasteiger charge is -2.36. The van der Waals surface area contributed by atoms with E-state index in [1.54, 1.807) is 12.1 Å². The lowest BCUT2D eigenvalue weighted by molar-refractivity contribution is 0.0686. The standard InChI is InChI=1S/C15H26O4Si3/c1-8-20(2,3)18-22(6,7)19-21(4,5)17-15(16)14-12-10-9-11-13-14/h8-13H,1H2,2-7H3. The van der Waals surface area contributed by atoms with E-state index in [1.807, 2.05) is 50.1 Å². The van der Waals surface area contributed by atoms with Crippen molar-refractivity contribution in [2.75, 3.05) is 0 Å². The second-order valence-corrected chi connectivity index (χ2v) is 17.6. The summed E-state index contributed by atoms with van der Waals surface area (Å²) in [7, 11) is -6.94. The van der Waals surface area contributed by atoms with Gasteiger partial charge in [0.1, 0.15) is 0 Å². The molecule has 0 bridgehead atoms. The molecule has 0 heterocycles. The predicted octanol–water partition coefficient (Wildman–Crippen LogP) is 4.21. The summed E-state index contributed by atoms with van der Waals surface area (Å²) in [6.45, 7) is 15.7. The van der Waals surface area contributed by atoms with Gasteiger partial charge in [0.25, 0.3) is 0 Å². The Kier molecular flexibility index (Phi) is 6.11. The van der Waals surface area contributed by atoms with Crippen molar-refractivity contribution in [3.8, 4) is 0 Å². The van der Waals surface area contributed by atoms with Crippen LogP contribution in [0.25, 0.3) is 0 Å². The van der Waals surface area contributed by atoms with Gasteiger partial charge in [-0.2, -0.15) is 0 Å². The second kappa shape index (κ2) is 7.05. The number of hydrogen-bond acceptors (Lipinski definition) is 4. The van der Waals surface area contributed by atoms with Crippen LogP contribution in [0.1, 0.15) is 10.4 Å². The molecule has 122 valence electrons. The molecule has 22 heavy (non-hydrogen) atoms. The fourth-order valence-corrected chi connectivity index (χ4v) is 13.6. The summed E-state index contributed by atoms with van der Waals surface area (Å²) in [5.74, 6) is -0.345. The molecular weight excluding hydrogens is 328 g/mol. The SMILES string of the molecule is C=C[Si](C)(C)O[Si](C)(C)O[Si](C)(C)OC(=O)c1ccccc1. The maximum Gasteiger partial charge on any atom is 0.387 e. The normalized spacial score (nSPS) is 12.8. The number of rotatable bonds is 7. The van der Waals surface area contributed by atoms with E-state index >= 15 is 0 Å². The number of carbonyl (C=O) groups is 1. The molecule has 7 heteroatoms. The van der Waals surface area contributed by atoms with Gasteiger partial charge in [-0.05, 0) is 51.4 Å². The van der Waals surface area contributed by atoms with Crippen LogP contribution >= 0.6 is 0 Å². The number of benzene rings is 1. The minimum absolute atomic E-state index is 0.345. The molecule has 0 aliphatic carbocycles. The molecule has 1 aromatic rings. The number of carbonyl (C=O) groups excluding carboxylic acids is 1. The molecule has 0 saturated heterocycles. The van der Waals surface area contributed by atoms with Crippen molar-refractivity contribution in [3.63, 3.8) is 0 Å². The smallest absolute Gasteiger partial charge is 0.387 e. The van der Waals surface area contributed by atoms with E-state index in [1.165, 1.54) is 0 Å². The van der Waals surface area contributed by atoms with Gasteiger partial charge in [-0.3, -0.25) is 0 Å². The molecule has 0 aliphatic rings. The molecule has 0 saturated carbocycles. The average Bonchev–Trinajstić information content (AvgIpc) is 2.36. The van der Waals surface area contributed by atoms with E-state index in [9.17, 15) is 4.79 Å². The Labute approximate surface area is 136 Å². The molecule has 0 spiro atoms. The zero-order valence-electron chi connectivity index (χ0n) is 14.3. The van der Waals surface area contributed by atoms with E-state index in [0.29, 0.717) is 5.56 Å². The Hall–Kier alpha value is -0.999. The molecule has 0 fully saturated rings. The number of hydrogen-bond donors (Lipinski definition) is 0. The van der Waals surface area contributed by atoms with Gasteiger partial charge in [0.2, 0.25) is 0 Å². The van der Waals surface area contributed by atoms with Gasteiger partial charge < -0.3 is 12.7 Å². The lowest BCUT2D eigenvalue weighted by Crippen LogP contribution is -2.53. The average molecular weight is 355 g/mol. The first-order valence-corrected chi connectivity index (χ1v) is 15.9. The van der Waals surface area contributed by atoms with Crippen LogP contribution in [0, 0.1) is 0 Å². The van der Waals surface area contributed by atoms with Crippen LogP contribution < -0.4 is 0 Å². The van der Waals surface area contributed by atoms with Gasteiger partial charge in [0.15, 0.2) is 8.32 Å². The Morgan fingerprint density at radius 2 is 1.50 bits per heavy atom. The first kappa shape index (κ1) is 19.0. The van der Waals surface area contributed by atoms with E-state index in [2.05, 4.69) is 19.7 Å². The minimum Gasteiger partial charge on any atom is -0.492 e. The molecule has 4 nitrogen and oxygen atoms in total. The molecule has 1 rings (SSSR count). The van der Waals surface area contributed by atoms with Crippen molar-refractivity contribution in [2.24, 2.45) is 0 Å². The highest BCUT2D eigenvalue weighted by atomic mass is 28.5. The molecule has 0 N–H and O–H groups in total. The van der Waals surface area contributed by atoms with Crippen LogP contribution in [-0.2, 0) is 12.7 Å². The van der Waals surface area contributed by atoms with Gasteiger partial charge in [-0.1, -0.05) is 23.9 Å². The Balaban J connectivity index is 2.74. The van der Waals surface area contributed by atoms with Crippen molar-refractivity contribution in [1.82, 2.24) is 0 Å². The summed E-state index contributed by atoms with van der Waals surface area (Å²) in [6, 6.07) is 8.96. The third-order valence-electron chi connectivity index (χ3n) is 2.84. The highest BCUT2D eigenvalue weighted by Crippen LogP contribution is 2.22. The largest absolute Gasteiger partial charge is 0.492 e. The second-order valence-electron chi connectivity index (χ2n) is 6.57. The van der Waals surface area contributed by atoms with Crippen molar-refractivity contribution in [1.29, 1.82) is 0 Å². The highest BCUT2D eigenvalue weighted by Gasteiger charge is 2.41. The van der Waals surface area contributed by atoms with Gasteiger partial charge in [0.05, 0.1) is 5.56 Å². The predicted molar refractivity (Wildman–Crippen MR) is 96.7 cm³/mol. The van der Waals surface area contributed by atoms with Crippen molar-refractivity contribution in [2.45, 2.75) is 39.3 Å². The highest BCUT2D eigenvalue weighted by molar-refractivity contribution is 6.88. The summed E-state index contributed by atoms with van der Waals surface area (Å²) in [4.78, 5) is 12.2. The summed E-state index contributed by atoms with van der Waals surface area (Å²) >= 11 is 0. The third-order valence-corrected chi connectivity index (χ3v) is 12.5. The maximum absolute atomic E-state index is 12.2. The molecule has 0 amide bonds. The van der Waals surface area contributed by atoms with Gasteiger partial charge >= 0.3 is 23.1 Å². The van der Waals surface area contributed by atoms with Crippen LogP contribution in [0.4, 0.5) is 0 Å². The zero-order chi connectivity index (χ0) is 17.0. The van der Waals surface area contributed by atoms with E-state index in [-0.39, 0.29) is 5.97 Å². The van der Waals surface area contributed by atoms with Gasteiger partial charge in [-0.25, -0.2) is 4.79 Å². The quantitative estimate of drug-likeness (QED) is 0.688. The van der Waals surface area contributed by atoms with Gasteiger partial charge in [-0.15, -0.1) is 6.58 Å². The fraction of sp³-hybridized carbons (Fsp3) is 0.400.